The fourth-order valence-electron chi connectivity index (χ4n) is 3.95. The fourth-order valence-corrected chi connectivity index (χ4v) is 3.95. The van der Waals surface area contributed by atoms with Crippen LogP contribution in [0.4, 0.5) is 4.79 Å². The molecule has 2 heterocycles. The first-order chi connectivity index (χ1) is 14.5. The Hall–Kier alpha value is -2.84. The van der Waals surface area contributed by atoms with Crippen molar-refractivity contribution in [1.82, 2.24) is 15.2 Å². The highest BCUT2D eigenvalue weighted by atomic mass is 16.6. The molecule has 3 N–H and O–H groups in total. The molecule has 3 rings (SSSR count). The Labute approximate surface area is 182 Å². The van der Waals surface area contributed by atoms with Crippen LogP contribution in [0.1, 0.15) is 75.3 Å². The molecule has 2 atom stereocenters. The number of rotatable bonds is 5. The number of nitrogens with zero attached hydrogens (tertiary/aromatic N) is 2. The van der Waals surface area contributed by atoms with E-state index in [0.29, 0.717) is 17.1 Å². The molecule has 0 bridgehead atoms. The van der Waals surface area contributed by atoms with E-state index in [2.05, 4.69) is 10.3 Å². The summed E-state index contributed by atoms with van der Waals surface area (Å²) in [4.78, 5) is 44.2. The second-order valence-corrected chi connectivity index (χ2v) is 9.44. The smallest absolute Gasteiger partial charge is 0.410 e. The van der Waals surface area contributed by atoms with Crippen molar-refractivity contribution in [2.24, 2.45) is 5.73 Å². The lowest BCUT2D eigenvalue weighted by Gasteiger charge is -2.44. The van der Waals surface area contributed by atoms with Crippen molar-refractivity contribution < 1.29 is 23.9 Å². The molecule has 2 fully saturated rings. The van der Waals surface area contributed by atoms with Crippen LogP contribution in [0.15, 0.2) is 12.1 Å². The third-order valence-electron chi connectivity index (χ3n) is 5.72. The summed E-state index contributed by atoms with van der Waals surface area (Å²) >= 11 is 0. The number of hydrogen-bond acceptors (Lipinski definition) is 6. The van der Waals surface area contributed by atoms with Gasteiger partial charge < -0.3 is 25.4 Å². The minimum atomic E-state index is -1.25. The summed E-state index contributed by atoms with van der Waals surface area (Å²) in [5.41, 5.74) is 4.97. The third kappa shape index (κ3) is 5.08. The molecule has 1 aliphatic heterocycles. The van der Waals surface area contributed by atoms with Gasteiger partial charge in [0.15, 0.2) is 0 Å². The van der Waals surface area contributed by atoms with E-state index in [0.717, 1.165) is 12.8 Å². The molecule has 0 spiro atoms. The molecule has 3 amide bonds. The largest absolute Gasteiger partial charge is 0.481 e. The van der Waals surface area contributed by atoms with Crippen LogP contribution in [-0.4, -0.2) is 58.6 Å². The molecule has 1 aromatic rings. The topological polar surface area (TPSA) is 124 Å². The van der Waals surface area contributed by atoms with Gasteiger partial charge >= 0.3 is 6.09 Å². The predicted octanol–water partition coefficient (Wildman–Crippen LogP) is 2.34. The Bertz CT molecular complexity index is 877. The molecule has 1 aromatic heterocycles. The number of methoxy groups -OCH3 is 1. The summed E-state index contributed by atoms with van der Waals surface area (Å²) in [6.45, 7) is 7.46. The Kier molecular flexibility index (Phi) is 6.16. The molecular formula is C22H32N4O5. The van der Waals surface area contributed by atoms with Crippen LogP contribution in [-0.2, 0) is 9.53 Å². The average molecular weight is 433 g/mol. The van der Waals surface area contributed by atoms with Crippen molar-refractivity contribution in [1.29, 1.82) is 0 Å². The highest BCUT2D eigenvalue weighted by Crippen LogP contribution is 2.41. The van der Waals surface area contributed by atoms with Crippen LogP contribution < -0.4 is 15.8 Å². The molecule has 2 aliphatic rings. The Morgan fingerprint density at radius 1 is 1.26 bits per heavy atom. The zero-order chi connectivity index (χ0) is 23.0. The summed E-state index contributed by atoms with van der Waals surface area (Å²) in [7, 11) is 1.53. The van der Waals surface area contributed by atoms with Crippen molar-refractivity contribution in [3.63, 3.8) is 0 Å². The maximum absolute atomic E-state index is 13.2. The summed E-state index contributed by atoms with van der Waals surface area (Å²) in [5, 5.41) is 2.87. The number of likely N-dealkylation sites (tertiary alicyclic amines) is 1. The molecule has 1 saturated carbocycles. The average Bonchev–Trinajstić information content (AvgIpc) is 3.51. The highest BCUT2D eigenvalue weighted by molar-refractivity contribution is 6.00. The number of hydrogen-bond donors (Lipinski definition) is 2. The van der Waals surface area contributed by atoms with Crippen molar-refractivity contribution in [3.8, 4) is 5.88 Å². The van der Waals surface area contributed by atoms with E-state index < -0.39 is 29.0 Å². The number of pyridine rings is 1. The van der Waals surface area contributed by atoms with Crippen LogP contribution in [0.5, 0.6) is 5.88 Å². The predicted molar refractivity (Wildman–Crippen MR) is 114 cm³/mol. The van der Waals surface area contributed by atoms with Gasteiger partial charge in [0.25, 0.3) is 5.91 Å². The quantitative estimate of drug-likeness (QED) is 0.736. The normalized spacial score (nSPS) is 23.8. The number of nitrogens with two attached hydrogens (primary N) is 1. The second-order valence-electron chi connectivity index (χ2n) is 9.44. The number of primary amides is 1. The standard InChI is InChI=1S/C22H32N4O5/c1-13-12-22(19(23)28,10-11-26(13)20(29)31-21(2,3)4)25-18(27)15-8-9-16(30-5)24-17(15)14-6-7-14/h8-9,13-14H,6-7,10-12H2,1-5H3,(H2,23,28)(H,25,27)/t13-,22+/m0/s1. The zero-order valence-electron chi connectivity index (χ0n) is 18.9. The van der Waals surface area contributed by atoms with E-state index in [1.54, 1.807) is 37.8 Å². The van der Waals surface area contributed by atoms with Crippen molar-refractivity contribution >= 4 is 17.9 Å². The van der Waals surface area contributed by atoms with E-state index in [1.165, 1.54) is 7.11 Å². The van der Waals surface area contributed by atoms with Gasteiger partial charge in [0.1, 0.15) is 11.1 Å². The minimum absolute atomic E-state index is 0.204. The van der Waals surface area contributed by atoms with Crippen molar-refractivity contribution in [2.75, 3.05) is 13.7 Å². The Morgan fingerprint density at radius 3 is 2.45 bits per heavy atom. The molecule has 170 valence electrons. The molecule has 1 saturated heterocycles. The van der Waals surface area contributed by atoms with Crippen LogP contribution in [0, 0.1) is 0 Å². The van der Waals surface area contributed by atoms with E-state index in [-0.39, 0.29) is 31.3 Å². The molecule has 1 aliphatic carbocycles. The summed E-state index contributed by atoms with van der Waals surface area (Å²) in [6, 6.07) is 2.96. The van der Waals surface area contributed by atoms with Gasteiger partial charge in [0, 0.05) is 24.6 Å². The van der Waals surface area contributed by atoms with Gasteiger partial charge in [-0.05, 0) is 59.4 Å². The Balaban J connectivity index is 1.78. The number of amides is 3. The molecule has 0 unspecified atom stereocenters. The maximum atomic E-state index is 13.2. The molecule has 0 radical (unpaired) electrons. The number of nitrogens with one attached hydrogen (secondary N) is 1. The van der Waals surface area contributed by atoms with Crippen LogP contribution in [0.3, 0.4) is 0 Å². The summed E-state index contributed by atoms with van der Waals surface area (Å²) < 4.78 is 10.7. The SMILES string of the molecule is COc1ccc(C(=O)N[C@]2(C(N)=O)CCN(C(=O)OC(C)(C)C)[C@@H](C)C2)c(C2CC2)n1. The lowest BCUT2D eigenvalue weighted by Crippen LogP contribution is -2.65. The van der Waals surface area contributed by atoms with Crippen LogP contribution in [0.2, 0.25) is 0 Å². The molecule has 31 heavy (non-hydrogen) atoms. The third-order valence-corrected chi connectivity index (χ3v) is 5.72. The van der Waals surface area contributed by atoms with Crippen molar-refractivity contribution in [2.45, 2.75) is 76.5 Å². The minimum Gasteiger partial charge on any atom is -0.481 e. The summed E-state index contributed by atoms with van der Waals surface area (Å²) in [5.74, 6) is -0.351. The maximum Gasteiger partial charge on any atom is 0.410 e. The van der Waals surface area contributed by atoms with Gasteiger partial charge in [-0.1, -0.05) is 0 Å². The van der Waals surface area contributed by atoms with Gasteiger partial charge in [-0.3, -0.25) is 9.59 Å². The molecule has 0 aromatic carbocycles. The number of aromatic nitrogens is 1. The van der Waals surface area contributed by atoms with E-state index in [1.807, 2.05) is 6.92 Å². The van der Waals surface area contributed by atoms with Crippen LogP contribution >= 0.6 is 0 Å². The molecule has 9 nitrogen and oxygen atoms in total. The number of ether oxygens (including phenoxy) is 2. The monoisotopic (exact) mass is 432 g/mol. The highest BCUT2D eigenvalue weighted by Gasteiger charge is 2.46. The molecule has 9 heteroatoms. The number of piperidine rings is 1. The fraction of sp³-hybridized carbons (Fsp3) is 0.636. The number of carbonyl (C=O) groups is 3. The van der Waals surface area contributed by atoms with Gasteiger partial charge in [-0.15, -0.1) is 0 Å². The van der Waals surface area contributed by atoms with Crippen molar-refractivity contribution in [3.05, 3.63) is 23.4 Å². The first-order valence-electron chi connectivity index (χ1n) is 10.6. The molecular weight excluding hydrogens is 400 g/mol. The first kappa shape index (κ1) is 22.8. The number of carbonyl (C=O) groups excluding carboxylic acids is 3. The zero-order valence-corrected chi connectivity index (χ0v) is 18.9. The van der Waals surface area contributed by atoms with Gasteiger partial charge in [-0.25, -0.2) is 9.78 Å². The van der Waals surface area contributed by atoms with Gasteiger partial charge in [0.2, 0.25) is 11.8 Å². The van der Waals surface area contributed by atoms with E-state index in [9.17, 15) is 14.4 Å². The van der Waals surface area contributed by atoms with E-state index in [4.69, 9.17) is 15.2 Å². The first-order valence-corrected chi connectivity index (χ1v) is 10.6. The lowest BCUT2D eigenvalue weighted by molar-refractivity contribution is -0.126. The lowest BCUT2D eigenvalue weighted by atomic mass is 9.82. The van der Waals surface area contributed by atoms with Gasteiger partial charge in [-0.2, -0.15) is 0 Å². The van der Waals surface area contributed by atoms with Crippen LogP contribution in [0.25, 0.3) is 0 Å². The Morgan fingerprint density at radius 2 is 1.94 bits per heavy atom. The van der Waals surface area contributed by atoms with Gasteiger partial charge in [0.05, 0.1) is 18.4 Å². The second kappa shape index (κ2) is 8.36. The van der Waals surface area contributed by atoms with E-state index >= 15 is 0 Å². The summed E-state index contributed by atoms with van der Waals surface area (Å²) in [6.07, 6.45) is 1.89.